The minimum Gasteiger partial charge on any atom is -0.480 e. The van der Waals surface area contributed by atoms with E-state index in [2.05, 4.69) is 9.88 Å². The molecule has 3 aliphatic heterocycles. The molecule has 1 aromatic rings. The number of nitrogens with zero attached hydrogens (tertiary/aromatic N) is 3. The molecule has 0 amide bonds. The number of likely N-dealkylation sites (tertiary alicyclic amines) is 1. The van der Waals surface area contributed by atoms with Crippen molar-refractivity contribution in [3.8, 4) is 5.88 Å². The summed E-state index contributed by atoms with van der Waals surface area (Å²) in [5.41, 5.74) is 0.814. The normalized spacial score (nSPS) is 28.4. The summed E-state index contributed by atoms with van der Waals surface area (Å²) in [5, 5.41) is 0. The van der Waals surface area contributed by atoms with Crippen LogP contribution >= 0.6 is 0 Å². The number of pyridine rings is 1. The predicted molar refractivity (Wildman–Crippen MR) is 96.7 cm³/mol. The van der Waals surface area contributed by atoms with E-state index < -0.39 is 10.0 Å². The molecule has 0 aliphatic carbocycles. The van der Waals surface area contributed by atoms with E-state index in [0.29, 0.717) is 31.0 Å². The molecule has 3 saturated heterocycles. The summed E-state index contributed by atoms with van der Waals surface area (Å²) in [6.07, 6.45) is 3.81. The first-order valence-electron chi connectivity index (χ1n) is 9.31. The molecule has 0 bridgehead atoms. The van der Waals surface area contributed by atoms with Gasteiger partial charge >= 0.3 is 0 Å². The maximum atomic E-state index is 13.2. The highest BCUT2D eigenvalue weighted by atomic mass is 32.2. The van der Waals surface area contributed by atoms with Crippen LogP contribution in [0.5, 0.6) is 5.88 Å². The second-order valence-electron chi connectivity index (χ2n) is 7.66. The summed E-state index contributed by atoms with van der Waals surface area (Å²) in [6.45, 7) is 6.69. The molecule has 4 rings (SSSR count). The lowest BCUT2D eigenvalue weighted by Gasteiger charge is -2.32. The van der Waals surface area contributed by atoms with Crippen LogP contribution in [-0.4, -0.2) is 75.2 Å². The number of hydrogen-bond acceptors (Lipinski definition) is 6. The van der Waals surface area contributed by atoms with Gasteiger partial charge in [-0.15, -0.1) is 0 Å². The van der Waals surface area contributed by atoms with E-state index in [1.165, 1.54) is 7.11 Å². The molecule has 7 nitrogen and oxygen atoms in total. The lowest BCUT2D eigenvalue weighted by Crippen LogP contribution is -2.40. The van der Waals surface area contributed by atoms with E-state index in [1.54, 1.807) is 16.6 Å². The number of sulfonamides is 1. The predicted octanol–water partition coefficient (Wildman–Crippen LogP) is 1.13. The summed E-state index contributed by atoms with van der Waals surface area (Å²) in [4.78, 5) is 6.87. The Morgan fingerprint density at radius 2 is 1.81 bits per heavy atom. The summed E-state index contributed by atoms with van der Waals surface area (Å²) >= 11 is 0. The van der Waals surface area contributed by atoms with Crippen LogP contribution in [0, 0.1) is 18.8 Å². The highest BCUT2D eigenvalue weighted by Gasteiger charge is 2.46. The van der Waals surface area contributed by atoms with Crippen LogP contribution in [-0.2, 0) is 14.8 Å². The zero-order chi connectivity index (χ0) is 18.3. The second kappa shape index (κ2) is 7.07. The molecule has 0 unspecified atom stereocenters. The van der Waals surface area contributed by atoms with Crippen molar-refractivity contribution in [1.29, 1.82) is 0 Å². The fourth-order valence-corrected chi connectivity index (χ4v) is 6.28. The first kappa shape index (κ1) is 18.2. The highest BCUT2D eigenvalue weighted by molar-refractivity contribution is 7.89. The lowest BCUT2D eigenvalue weighted by molar-refractivity contribution is 0.0393. The van der Waals surface area contributed by atoms with E-state index in [4.69, 9.17) is 9.47 Å². The Morgan fingerprint density at radius 3 is 2.42 bits per heavy atom. The first-order chi connectivity index (χ1) is 12.5. The highest BCUT2D eigenvalue weighted by Crippen LogP contribution is 2.37. The minimum absolute atomic E-state index is 0.177. The molecule has 1 aromatic heterocycles. The van der Waals surface area contributed by atoms with Gasteiger partial charge in [0, 0.05) is 51.6 Å². The molecule has 0 N–H and O–H groups in total. The summed E-state index contributed by atoms with van der Waals surface area (Å²) < 4.78 is 38.6. The molecule has 0 radical (unpaired) electrons. The van der Waals surface area contributed by atoms with Gasteiger partial charge in [0.15, 0.2) is 0 Å². The van der Waals surface area contributed by atoms with Gasteiger partial charge in [0.1, 0.15) is 4.90 Å². The standard InChI is InChI=1S/C18H27N3O4S/c1-13-7-17(18(24-2)19-8-13)26(22,23)21-11-14-9-20(10-15(14)12-21)16-3-5-25-6-4-16/h7-8,14-16H,3-6,9-12H2,1-2H3/t14-,15+. The van der Waals surface area contributed by atoms with Gasteiger partial charge in [-0.05, 0) is 43.2 Å². The number of ether oxygens (including phenoxy) is 2. The van der Waals surface area contributed by atoms with Crippen molar-refractivity contribution in [2.75, 3.05) is 46.5 Å². The number of rotatable bonds is 4. The maximum Gasteiger partial charge on any atom is 0.248 e. The summed E-state index contributed by atoms with van der Waals surface area (Å²) in [5.74, 6) is 1.00. The Kier molecular flexibility index (Phi) is 4.94. The lowest BCUT2D eigenvalue weighted by atomic mass is 10.0. The van der Waals surface area contributed by atoms with Gasteiger partial charge in [0.25, 0.3) is 0 Å². The van der Waals surface area contributed by atoms with Crippen molar-refractivity contribution in [3.05, 3.63) is 17.8 Å². The monoisotopic (exact) mass is 381 g/mol. The molecule has 0 saturated carbocycles. The quantitative estimate of drug-likeness (QED) is 0.779. The van der Waals surface area contributed by atoms with Gasteiger partial charge in [-0.1, -0.05) is 0 Å². The molecule has 4 heterocycles. The molecule has 26 heavy (non-hydrogen) atoms. The van der Waals surface area contributed by atoms with Crippen LogP contribution in [0.1, 0.15) is 18.4 Å². The molecule has 0 spiro atoms. The Morgan fingerprint density at radius 1 is 1.15 bits per heavy atom. The van der Waals surface area contributed by atoms with Crippen molar-refractivity contribution >= 4 is 10.0 Å². The molecular formula is C18H27N3O4S. The van der Waals surface area contributed by atoms with Gasteiger partial charge in [0.2, 0.25) is 15.9 Å². The average molecular weight is 381 g/mol. The smallest absolute Gasteiger partial charge is 0.248 e. The fourth-order valence-electron chi connectivity index (χ4n) is 4.54. The number of aromatic nitrogens is 1. The first-order valence-corrected chi connectivity index (χ1v) is 10.8. The third-order valence-corrected chi connectivity index (χ3v) is 7.78. The number of fused-ring (bicyclic) bond motifs is 1. The number of hydrogen-bond donors (Lipinski definition) is 0. The molecule has 3 fully saturated rings. The molecule has 3 aliphatic rings. The van der Waals surface area contributed by atoms with E-state index in [0.717, 1.165) is 44.7 Å². The van der Waals surface area contributed by atoms with Crippen LogP contribution in [0.25, 0.3) is 0 Å². The van der Waals surface area contributed by atoms with Crippen molar-refractivity contribution in [2.45, 2.75) is 30.7 Å². The van der Waals surface area contributed by atoms with Gasteiger partial charge in [-0.2, -0.15) is 4.31 Å². The maximum absolute atomic E-state index is 13.2. The fraction of sp³-hybridized carbons (Fsp3) is 0.722. The van der Waals surface area contributed by atoms with E-state index in [9.17, 15) is 8.42 Å². The Labute approximate surface area is 155 Å². The molecule has 144 valence electrons. The van der Waals surface area contributed by atoms with Crippen molar-refractivity contribution in [1.82, 2.24) is 14.2 Å². The summed E-state index contributed by atoms with van der Waals surface area (Å²) in [7, 11) is -2.12. The van der Waals surface area contributed by atoms with Crippen LogP contribution in [0.15, 0.2) is 17.2 Å². The Hall–Kier alpha value is -1.22. The second-order valence-corrected chi connectivity index (χ2v) is 9.57. The van der Waals surface area contributed by atoms with E-state index >= 15 is 0 Å². The van der Waals surface area contributed by atoms with Gasteiger partial charge < -0.3 is 9.47 Å². The molecule has 0 aromatic carbocycles. The Bertz CT molecular complexity index is 750. The summed E-state index contributed by atoms with van der Waals surface area (Å²) in [6, 6.07) is 2.25. The molecule has 8 heteroatoms. The van der Waals surface area contributed by atoms with Crippen LogP contribution < -0.4 is 4.74 Å². The minimum atomic E-state index is -3.58. The van der Waals surface area contributed by atoms with Gasteiger partial charge in [-0.3, -0.25) is 4.90 Å². The third kappa shape index (κ3) is 3.24. The molecular weight excluding hydrogens is 354 g/mol. The number of methoxy groups -OCH3 is 1. The van der Waals surface area contributed by atoms with Crippen LogP contribution in [0.3, 0.4) is 0 Å². The zero-order valence-electron chi connectivity index (χ0n) is 15.4. The zero-order valence-corrected chi connectivity index (χ0v) is 16.2. The van der Waals surface area contributed by atoms with Crippen molar-refractivity contribution in [2.24, 2.45) is 11.8 Å². The average Bonchev–Trinajstić information content (AvgIpc) is 3.22. The van der Waals surface area contributed by atoms with E-state index in [1.807, 2.05) is 6.92 Å². The van der Waals surface area contributed by atoms with Crippen molar-refractivity contribution in [3.63, 3.8) is 0 Å². The Balaban J connectivity index is 1.48. The SMILES string of the molecule is COc1ncc(C)cc1S(=O)(=O)N1C[C@H]2CN(C3CCOCC3)C[C@H]2C1. The largest absolute Gasteiger partial charge is 0.480 e. The topological polar surface area (TPSA) is 72.0 Å². The molecule has 2 atom stereocenters. The third-order valence-electron chi connectivity index (χ3n) is 5.95. The van der Waals surface area contributed by atoms with Gasteiger partial charge in [-0.25, -0.2) is 13.4 Å². The van der Waals surface area contributed by atoms with Crippen LogP contribution in [0.2, 0.25) is 0 Å². The van der Waals surface area contributed by atoms with Crippen LogP contribution in [0.4, 0.5) is 0 Å². The van der Waals surface area contributed by atoms with Crippen molar-refractivity contribution < 1.29 is 17.9 Å². The van der Waals surface area contributed by atoms with E-state index in [-0.39, 0.29) is 10.8 Å². The van der Waals surface area contributed by atoms with Gasteiger partial charge in [0.05, 0.1) is 7.11 Å². The number of aryl methyl sites for hydroxylation is 1.